The lowest BCUT2D eigenvalue weighted by Gasteiger charge is -2.31. The number of esters is 1. The van der Waals surface area contributed by atoms with Gasteiger partial charge in [0.2, 0.25) is 0 Å². The number of nitrogens with zero attached hydrogens (tertiary/aromatic N) is 2. The van der Waals surface area contributed by atoms with Gasteiger partial charge in [0, 0.05) is 24.7 Å². The SMILES string of the molecule is CCOC(=O)C1CCCN(C(=O)c2ccc([N+](=O)[O-])c(Cl)c2)C1. The molecule has 0 N–H and O–H groups in total. The van der Waals surface area contributed by atoms with Gasteiger partial charge in [0.25, 0.3) is 11.6 Å². The summed E-state index contributed by atoms with van der Waals surface area (Å²) in [7, 11) is 0. The molecule has 2 rings (SSSR count). The molecule has 1 aromatic carbocycles. The van der Waals surface area contributed by atoms with Crippen molar-refractivity contribution >= 4 is 29.2 Å². The zero-order valence-corrected chi connectivity index (χ0v) is 13.4. The number of piperidine rings is 1. The predicted molar refractivity (Wildman–Crippen MR) is 83.4 cm³/mol. The maximum absolute atomic E-state index is 12.5. The van der Waals surface area contributed by atoms with Gasteiger partial charge in [-0.3, -0.25) is 19.7 Å². The Morgan fingerprint density at radius 2 is 2.22 bits per heavy atom. The van der Waals surface area contributed by atoms with Crippen LogP contribution in [0.1, 0.15) is 30.1 Å². The Labute approximate surface area is 138 Å². The number of likely N-dealkylation sites (tertiary alicyclic amines) is 1. The van der Waals surface area contributed by atoms with E-state index in [0.717, 1.165) is 0 Å². The summed E-state index contributed by atoms with van der Waals surface area (Å²) in [6.45, 7) is 2.86. The first-order chi connectivity index (χ1) is 10.9. The van der Waals surface area contributed by atoms with E-state index >= 15 is 0 Å². The summed E-state index contributed by atoms with van der Waals surface area (Å²) in [5.41, 5.74) is 0.0244. The van der Waals surface area contributed by atoms with Crippen molar-refractivity contribution in [3.8, 4) is 0 Å². The van der Waals surface area contributed by atoms with E-state index in [1.54, 1.807) is 11.8 Å². The number of amides is 1. The molecule has 0 saturated carbocycles. The van der Waals surface area contributed by atoms with Crippen LogP contribution < -0.4 is 0 Å². The minimum Gasteiger partial charge on any atom is -0.466 e. The highest BCUT2D eigenvalue weighted by atomic mass is 35.5. The molecule has 1 fully saturated rings. The average Bonchev–Trinajstić information content (AvgIpc) is 2.54. The van der Waals surface area contributed by atoms with Crippen molar-refractivity contribution in [2.45, 2.75) is 19.8 Å². The lowest BCUT2D eigenvalue weighted by atomic mass is 9.97. The zero-order valence-electron chi connectivity index (χ0n) is 12.7. The Balaban J connectivity index is 2.12. The van der Waals surface area contributed by atoms with Crippen LogP contribution in [0.4, 0.5) is 5.69 Å². The molecule has 1 amide bonds. The van der Waals surface area contributed by atoms with E-state index in [1.165, 1.54) is 18.2 Å². The summed E-state index contributed by atoms with van der Waals surface area (Å²) in [5.74, 6) is -0.927. The molecule has 23 heavy (non-hydrogen) atoms. The highest BCUT2D eigenvalue weighted by molar-refractivity contribution is 6.33. The van der Waals surface area contributed by atoms with Crippen molar-refractivity contribution in [2.75, 3.05) is 19.7 Å². The van der Waals surface area contributed by atoms with E-state index in [0.29, 0.717) is 26.0 Å². The summed E-state index contributed by atoms with van der Waals surface area (Å²) in [4.78, 5) is 36.0. The molecule has 7 nitrogen and oxygen atoms in total. The van der Waals surface area contributed by atoms with Crippen LogP contribution in [-0.4, -0.2) is 41.4 Å². The Kier molecular flexibility index (Phi) is 5.54. The fourth-order valence-electron chi connectivity index (χ4n) is 2.58. The number of hydrogen-bond acceptors (Lipinski definition) is 5. The number of carbonyl (C=O) groups is 2. The molecule has 1 atom stereocenters. The molecule has 1 aliphatic heterocycles. The molecule has 1 heterocycles. The van der Waals surface area contributed by atoms with Crippen molar-refractivity contribution in [2.24, 2.45) is 5.92 Å². The van der Waals surface area contributed by atoms with E-state index in [1.807, 2.05) is 0 Å². The molecular formula is C15H17ClN2O5. The Hall–Kier alpha value is -2.15. The van der Waals surface area contributed by atoms with E-state index in [-0.39, 0.29) is 40.6 Å². The molecule has 0 spiro atoms. The van der Waals surface area contributed by atoms with Crippen LogP contribution in [0.15, 0.2) is 18.2 Å². The van der Waals surface area contributed by atoms with Crippen molar-refractivity contribution < 1.29 is 19.2 Å². The number of hydrogen-bond donors (Lipinski definition) is 0. The maximum Gasteiger partial charge on any atom is 0.310 e. The Morgan fingerprint density at radius 1 is 1.48 bits per heavy atom. The summed E-state index contributed by atoms with van der Waals surface area (Å²) in [6, 6.07) is 3.87. The normalized spacial score (nSPS) is 17.7. The van der Waals surface area contributed by atoms with Crippen molar-refractivity contribution in [3.05, 3.63) is 38.9 Å². The molecule has 1 unspecified atom stereocenters. The third-order valence-electron chi connectivity index (χ3n) is 3.72. The molecular weight excluding hydrogens is 324 g/mol. The van der Waals surface area contributed by atoms with Gasteiger partial charge in [-0.15, -0.1) is 0 Å². The topological polar surface area (TPSA) is 89.8 Å². The van der Waals surface area contributed by atoms with Gasteiger partial charge in [-0.05, 0) is 31.9 Å². The molecule has 0 bridgehead atoms. The molecule has 0 aliphatic carbocycles. The van der Waals surface area contributed by atoms with Gasteiger partial charge < -0.3 is 9.64 Å². The summed E-state index contributed by atoms with van der Waals surface area (Å²) in [6.07, 6.45) is 1.39. The zero-order chi connectivity index (χ0) is 17.0. The van der Waals surface area contributed by atoms with Gasteiger partial charge in [-0.25, -0.2) is 0 Å². The van der Waals surface area contributed by atoms with Crippen molar-refractivity contribution in [1.29, 1.82) is 0 Å². The second kappa shape index (κ2) is 7.41. The van der Waals surface area contributed by atoms with Crippen molar-refractivity contribution in [1.82, 2.24) is 4.90 Å². The standard InChI is InChI=1S/C15H17ClN2O5/c1-2-23-15(20)11-4-3-7-17(9-11)14(19)10-5-6-13(18(21)22)12(16)8-10/h5-6,8,11H,2-4,7,9H2,1H3. The van der Waals surface area contributed by atoms with Gasteiger partial charge in [-0.2, -0.15) is 0 Å². The minimum absolute atomic E-state index is 0.0835. The molecule has 8 heteroatoms. The number of nitro groups is 1. The van der Waals surface area contributed by atoms with Gasteiger partial charge in [0.05, 0.1) is 17.4 Å². The van der Waals surface area contributed by atoms with Gasteiger partial charge in [-0.1, -0.05) is 11.6 Å². The molecule has 0 aromatic heterocycles. The smallest absolute Gasteiger partial charge is 0.310 e. The highest BCUT2D eigenvalue weighted by Crippen LogP contribution is 2.26. The minimum atomic E-state index is -0.603. The van der Waals surface area contributed by atoms with Crippen molar-refractivity contribution in [3.63, 3.8) is 0 Å². The van der Waals surface area contributed by atoms with E-state index in [9.17, 15) is 19.7 Å². The molecule has 124 valence electrons. The second-order valence-electron chi connectivity index (χ2n) is 5.27. The first-order valence-electron chi connectivity index (χ1n) is 7.34. The van der Waals surface area contributed by atoms with Gasteiger partial charge in [0.15, 0.2) is 0 Å². The molecule has 1 saturated heterocycles. The van der Waals surface area contributed by atoms with Crippen LogP contribution in [0, 0.1) is 16.0 Å². The summed E-state index contributed by atoms with van der Waals surface area (Å²) in [5, 5.41) is 10.7. The number of nitro benzene ring substituents is 1. The number of benzene rings is 1. The number of ether oxygens (including phenoxy) is 1. The quantitative estimate of drug-likeness (QED) is 0.477. The number of carbonyl (C=O) groups excluding carboxylic acids is 2. The highest BCUT2D eigenvalue weighted by Gasteiger charge is 2.30. The van der Waals surface area contributed by atoms with Gasteiger partial charge >= 0.3 is 5.97 Å². The summed E-state index contributed by atoms with van der Waals surface area (Å²) >= 11 is 5.84. The first-order valence-corrected chi connectivity index (χ1v) is 7.71. The lowest BCUT2D eigenvalue weighted by Crippen LogP contribution is -2.42. The first kappa shape index (κ1) is 17.2. The number of rotatable bonds is 4. The fourth-order valence-corrected chi connectivity index (χ4v) is 2.83. The average molecular weight is 341 g/mol. The molecule has 1 aromatic rings. The Bertz CT molecular complexity index is 634. The van der Waals surface area contributed by atoms with Crippen LogP contribution >= 0.6 is 11.6 Å². The molecule has 1 aliphatic rings. The Morgan fingerprint density at radius 3 is 2.83 bits per heavy atom. The van der Waals surface area contributed by atoms with E-state index < -0.39 is 4.92 Å². The number of halogens is 1. The van der Waals surface area contributed by atoms with Crippen LogP contribution in [0.2, 0.25) is 5.02 Å². The fraction of sp³-hybridized carbons (Fsp3) is 0.467. The third-order valence-corrected chi connectivity index (χ3v) is 4.02. The lowest BCUT2D eigenvalue weighted by molar-refractivity contribution is -0.384. The van der Waals surface area contributed by atoms with Crippen LogP contribution in [0.3, 0.4) is 0 Å². The monoisotopic (exact) mass is 340 g/mol. The van der Waals surface area contributed by atoms with Crippen LogP contribution in [0.5, 0.6) is 0 Å². The van der Waals surface area contributed by atoms with E-state index in [2.05, 4.69) is 0 Å². The largest absolute Gasteiger partial charge is 0.466 e. The van der Waals surface area contributed by atoms with Crippen LogP contribution in [0.25, 0.3) is 0 Å². The summed E-state index contributed by atoms with van der Waals surface area (Å²) < 4.78 is 5.00. The second-order valence-corrected chi connectivity index (χ2v) is 5.67. The molecule has 0 radical (unpaired) electrons. The van der Waals surface area contributed by atoms with Gasteiger partial charge in [0.1, 0.15) is 5.02 Å². The van der Waals surface area contributed by atoms with Crippen LogP contribution in [-0.2, 0) is 9.53 Å². The predicted octanol–water partition coefficient (Wildman–Crippen LogP) is 2.66. The van der Waals surface area contributed by atoms with E-state index in [4.69, 9.17) is 16.3 Å². The maximum atomic E-state index is 12.5. The third kappa shape index (κ3) is 3.98.